The van der Waals surface area contributed by atoms with Crippen molar-refractivity contribution in [1.82, 2.24) is 20.2 Å². The zero-order chi connectivity index (χ0) is 19.2. The van der Waals surface area contributed by atoms with Crippen LogP contribution in [0.2, 0.25) is 0 Å². The van der Waals surface area contributed by atoms with Crippen LogP contribution in [0.5, 0.6) is 0 Å². The molecule has 2 fully saturated rings. The molecule has 0 spiro atoms. The lowest BCUT2D eigenvalue weighted by Crippen LogP contribution is -2.50. The molecular weight excluding hydrogens is 346 g/mol. The highest BCUT2D eigenvalue weighted by atomic mass is 16.5. The summed E-state index contributed by atoms with van der Waals surface area (Å²) in [4.78, 5) is 25.8. The highest BCUT2D eigenvalue weighted by molar-refractivity contribution is 5.78. The Labute approximate surface area is 161 Å². The van der Waals surface area contributed by atoms with Crippen LogP contribution >= 0.6 is 0 Å². The minimum absolute atomic E-state index is 0.0892. The molecule has 8 nitrogen and oxygen atoms in total. The third-order valence-corrected chi connectivity index (χ3v) is 4.91. The summed E-state index contributed by atoms with van der Waals surface area (Å²) in [7, 11) is 1.66. The average Bonchev–Trinajstić information content (AvgIpc) is 3.16. The van der Waals surface area contributed by atoms with Crippen LogP contribution in [-0.4, -0.2) is 79.9 Å². The number of aromatic nitrogens is 2. The van der Waals surface area contributed by atoms with Crippen LogP contribution in [0.15, 0.2) is 6.07 Å². The van der Waals surface area contributed by atoms with Crippen molar-refractivity contribution in [1.29, 1.82) is 0 Å². The molecule has 0 aromatic carbocycles. The molecule has 1 amide bonds. The number of nitrogens with zero attached hydrogens (tertiary/aromatic N) is 4. The van der Waals surface area contributed by atoms with Crippen molar-refractivity contribution in [2.75, 3.05) is 57.9 Å². The van der Waals surface area contributed by atoms with Gasteiger partial charge in [0.1, 0.15) is 12.4 Å². The molecule has 0 radical (unpaired) electrons. The van der Waals surface area contributed by atoms with Gasteiger partial charge in [0.05, 0.1) is 18.8 Å². The van der Waals surface area contributed by atoms with Gasteiger partial charge in [0.25, 0.3) is 0 Å². The molecule has 1 aromatic rings. The fraction of sp³-hybridized carbons (Fsp3) is 0.737. The number of nitrogens with one attached hydrogen (secondary N) is 1. The summed E-state index contributed by atoms with van der Waals surface area (Å²) in [5, 5.41) is 2.95. The smallest absolute Gasteiger partial charge is 0.234 e. The van der Waals surface area contributed by atoms with Crippen molar-refractivity contribution in [2.24, 2.45) is 0 Å². The molecule has 150 valence electrons. The lowest BCUT2D eigenvalue weighted by molar-refractivity contribution is -0.122. The van der Waals surface area contributed by atoms with Crippen molar-refractivity contribution >= 4 is 11.7 Å². The number of hydrogen-bond donors (Lipinski definition) is 1. The predicted octanol–water partition coefficient (Wildman–Crippen LogP) is 0.774. The van der Waals surface area contributed by atoms with E-state index in [2.05, 4.69) is 26.2 Å². The number of carbonyl (C=O) groups is 1. The largest absolute Gasteiger partial charge is 0.381 e. The van der Waals surface area contributed by atoms with Crippen molar-refractivity contribution < 1.29 is 14.3 Å². The van der Waals surface area contributed by atoms with E-state index in [1.807, 2.05) is 13.8 Å². The molecule has 1 N–H and O–H groups in total. The lowest BCUT2D eigenvalue weighted by atomic mass is 10.0. The first-order valence-electron chi connectivity index (χ1n) is 9.76. The van der Waals surface area contributed by atoms with E-state index in [0.717, 1.165) is 63.1 Å². The Balaban J connectivity index is 1.63. The molecule has 0 aliphatic carbocycles. The Morgan fingerprint density at radius 2 is 2.11 bits per heavy atom. The molecule has 8 heteroatoms. The second-order valence-electron chi connectivity index (χ2n) is 7.55. The highest BCUT2D eigenvalue weighted by Gasteiger charge is 2.24. The average molecular weight is 377 g/mol. The summed E-state index contributed by atoms with van der Waals surface area (Å²) >= 11 is 0. The van der Waals surface area contributed by atoms with Gasteiger partial charge in [-0.3, -0.25) is 9.69 Å². The topological polar surface area (TPSA) is 79.8 Å². The molecule has 0 unspecified atom stereocenters. The van der Waals surface area contributed by atoms with Gasteiger partial charge in [-0.25, -0.2) is 9.97 Å². The molecule has 0 saturated carbocycles. The van der Waals surface area contributed by atoms with Crippen molar-refractivity contribution in [3.63, 3.8) is 0 Å². The second kappa shape index (κ2) is 9.43. The molecular formula is C19H31N5O3. The Morgan fingerprint density at radius 3 is 2.74 bits per heavy atom. The van der Waals surface area contributed by atoms with E-state index < -0.39 is 0 Å². The van der Waals surface area contributed by atoms with Gasteiger partial charge in [-0.1, -0.05) is 0 Å². The van der Waals surface area contributed by atoms with Gasteiger partial charge in [-0.05, 0) is 20.3 Å². The molecule has 0 bridgehead atoms. The molecule has 3 heterocycles. The van der Waals surface area contributed by atoms with E-state index in [0.29, 0.717) is 19.1 Å². The fourth-order valence-electron chi connectivity index (χ4n) is 3.54. The van der Waals surface area contributed by atoms with Crippen molar-refractivity contribution in [3.8, 4) is 0 Å². The van der Waals surface area contributed by atoms with Crippen LogP contribution in [0.3, 0.4) is 0 Å². The summed E-state index contributed by atoms with van der Waals surface area (Å²) in [6.45, 7) is 9.72. The molecule has 2 aliphatic rings. The third-order valence-electron chi connectivity index (χ3n) is 4.91. The maximum atomic E-state index is 12.0. The summed E-state index contributed by atoms with van der Waals surface area (Å²) in [6, 6.07) is 2.27. The van der Waals surface area contributed by atoms with Gasteiger partial charge in [0.2, 0.25) is 5.91 Å². The first-order valence-corrected chi connectivity index (χ1v) is 9.76. The lowest BCUT2D eigenvalue weighted by Gasteiger charge is -2.35. The van der Waals surface area contributed by atoms with E-state index in [9.17, 15) is 4.79 Å². The van der Waals surface area contributed by atoms with Gasteiger partial charge in [0.15, 0.2) is 5.82 Å². The van der Waals surface area contributed by atoms with Crippen LogP contribution < -0.4 is 10.2 Å². The first kappa shape index (κ1) is 20.0. The Hall–Kier alpha value is -1.77. The SMILES string of the molecule is COCc1nc([C@H]2CCOC2)cc(N2CCN(CC(=O)NC(C)C)CC2)n1. The summed E-state index contributed by atoms with van der Waals surface area (Å²) in [5.41, 5.74) is 1.04. The summed E-state index contributed by atoms with van der Waals surface area (Å²) < 4.78 is 10.8. The van der Waals surface area contributed by atoms with E-state index in [1.165, 1.54) is 0 Å². The zero-order valence-electron chi connectivity index (χ0n) is 16.6. The van der Waals surface area contributed by atoms with Crippen LogP contribution in [0.4, 0.5) is 5.82 Å². The number of anilines is 1. The van der Waals surface area contributed by atoms with E-state index >= 15 is 0 Å². The minimum Gasteiger partial charge on any atom is -0.381 e. The molecule has 2 aliphatic heterocycles. The normalized spacial score (nSPS) is 21.0. The van der Waals surface area contributed by atoms with Crippen LogP contribution in [0.1, 0.15) is 37.7 Å². The monoisotopic (exact) mass is 377 g/mol. The number of carbonyl (C=O) groups excluding carboxylic acids is 1. The molecule has 2 saturated heterocycles. The third kappa shape index (κ3) is 5.60. The number of hydrogen-bond acceptors (Lipinski definition) is 7. The number of amides is 1. The number of ether oxygens (including phenoxy) is 2. The highest BCUT2D eigenvalue weighted by Crippen LogP contribution is 2.26. The quantitative estimate of drug-likeness (QED) is 0.752. The molecule has 3 rings (SSSR count). The van der Waals surface area contributed by atoms with Gasteiger partial charge < -0.3 is 19.7 Å². The van der Waals surface area contributed by atoms with Gasteiger partial charge in [-0.15, -0.1) is 0 Å². The van der Waals surface area contributed by atoms with E-state index in [1.54, 1.807) is 7.11 Å². The van der Waals surface area contributed by atoms with Gasteiger partial charge in [-0.2, -0.15) is 0 Å². The first-order chi connectivity index (χ1) is 13.0. The Kier molecular flexibility index (Phi) is 6.98. The van der Waals surface area contributed by atoms with Crippen molar-refractivity contribution in [3.05, 3.63) is 17.6 Å². The predicted molar refractivity (Wildman–Crippen MR) is 103 cm³/mol. The second-order valence-corrected chi connectivity index (χ2v) is 7.55. The maximum absolute atomic E-state index is 12.0. The van der Waals surface area contributed by atoms with Crippen molar-refractivity contribution in [2.45, 2.75) is 38.8 Å². The standard InChI is InChI=1S/C19H31N5O3/c1-14(2)20-19(25)11-23-5-7-24(8-6-23)18-10-16(15-4-9-27-12-15)21-17(22-18)13-26-3/h10,14-15H,4-9,11-13H2,1-3H3,(H,20,25)/t15-/m0/s1. The van der Waals surface area contributed by atoms with Gasteiger partial charge >= 0.3 is 0 Å². The number of rotatable bonds is 7. The minimum atomic E-state index is 0.0892. The van der Waals surface area contributed by atoms with Crippen LogP contribution in [-0.2, 0) is 20.9 Å². The van der Waals surface area contributed by atoms with E-state index in [-0.39, 0.29) is 11.9 Å². The summed E-state index contributed by atoms with van der Waals surface area (Å²) in [5.74, 6) is 2.09. The van der Waals surface area contributed by atoms with E-state index in [4.69, 9.17) is 14.5 Å². The van der Waals surface area contributed by atoms with Crippen LogP contribution in [0.25, 0.3) is 0 Å². The zero-order valence-corrected chi connectivity index (χ0v) is 16.6. The molecule has 1 atom stereocenters. The van der Waals surface area contributed by atoms with Gasteiger partial charge in [0, 0.05) is 57.9 Å². The van der Waals surface area contributed by atoms with Crippen LogP contribution in [0, 0.1) is 0 Å². The Morgan fingerprint density at radius 1 is 1.33 bits per heavy atom. The molecule has 1 aromatic heterocycles. The number of piperazine rings is 1. The summed E-state index contributed by atoms with van der Waals surface area (Å²) in [6.07, 6.45) is 1.00. The molecule has 27 heavy (non-hydrogen) atoms. The fourth-order valence-corrected chi connectivity index (χ4v) is 3.54. The maximum Gasteiger partial charge on any atom is 0.234 e. The Bertz CT molecular complexity index is 626. The number of methoxy groups -OCH3 is 1.